The number of hydrogen-bond acceptors (Lipinski definition) is 3. The fourth-order valence-corrected chi connectivity index (χ4v) is 5.21. The summed E-state index contributed by atoms with van der Waals surface area (Å²) in [6.45, 7) is 2.21. The molecule has 0 saturated carbocycles. The van der Waals surface area contributed by atoms with Crippen molar-refractivity contribution in [1.82, 2.24) is 5.32 Å². The van der Waals surface area contributed by atoms with Crippen molar-refractivity contribution < 1.29 is 0 Å². The third kappa shape index (κ3) is 2.84. The van der Waals surface area contributed by atoms with Crippen molar-refractivity contribution >= 4 is 54.5 Å². The van der Waals surface area contributed by atoms with E-state index in [1.54, 1.807) is 11.3 Å². The minimum Gasteiger partial charge on any atom is -0.308 e. The van der Waals surface area contributed by atoms with Gasteiger partial charge in [0.25, 0.3) is 0 Å². The molecule has 0 fully saturated rings. The molecule has 0 aliphatic carbocycles. The topological polar surface area (TPSA) is 12.0 Å². The van der Waals surface area contributed by atoms with Crippen molar-refractivity contribution in [1.29, 1.82) is 0 Å². The van der Waals surface area contributed by atoms with Crippen LogP contribution in [-0.2, 0) is 6.42 Å². The number of thiophene rings is 2. The van der Waals surface area contributed by atoms with E-state index < -0.39 is 0 Å². The number of rotatable bonds is 4. The Morgan fingerprint density at radius 3 is 2.71 bits per heavy atom. The summed E-state index contributed by atoms with van der Waals surface area (Å²) in [5.74, 6) is 0. The molecule has 17 heavy (non-hydrogen) atoms. The lowest BCUT2D eigenvalue weighted by Gasteiger charge is -2.14. The van der Waals surface area contributed by atoms with Gasteiger partial charge in [0.15, 0.2) is 0 Å². The lowest BCUT2D eigenvalue weighted by molar-refractivity contribution is 0.709. The molecule has 2 aromatic rings. The summed E-state index contributed by atoms with van der Waals surface area (Å²) in [7, 11) is 2.02. The standard InChI is InChI=1S/C12H13Br2NS2/c1-3-7-4-5-16-11(7)10(15-2)9-6-8(13)12(14)17-9/h4-6,10,15H,3H2,1-2H3. The first-order chi connectivity index (χ1) is 8.17. The van der Waals surface area contributed by atoms with Gasteiger partial charge >= 0.3 is 0 Å². The predicted molar refractivity (Wildman–Crippen MR) is 84.3 cm³/mol. The first-order valence-corrected chi connectivity index (χ1v) is 8.63. The normalized spacial score (nSPS) is 12.9. The summed E-state index contributed by atoms with van der Waals surface area (Å²) < 4.78 is 2.29. The third-order valence-electron chi connectivity index (χ3n) is 2.66. The number of nitrogens with one attached hydrogen (secondary N) is 1. The van der Waals surface area contributed by atoms with Crippen LogP contribution in [0, 0.1) is 0 Å². The fourth-order valence-electron chi connectivity index (χ4n) is 1.80. The van der Waals surface area contributed by atoms with E-state index >= 15 is 0 Å². The molecule has 1 atom stereocenters. The van der Waals surface area contributed by atoms with Gasteiger partial charge in [-0.2, -0.15) is 0 Å². The zero-order valence-electron chi connectivity index (χ0n) is 9.59. The van der Waals surface area contributed by atoms with Crippen molar-refractivity contribution in [3.63, 3.8) is 0 Å². The van der Waals surface area contributed by atoms with Crippen LogP contribution in [-0.4, -0.2) is 7.05 Å². The van der Waals surface area contributed by atoms with Gasteiger partial charge in [0, 0.05) is 14.2 Å². The van der Waals surface area contributed by atoms with Crippen molar-refractivity contribution in [2.75, 3.05) is 7.05 Å². The molecule has 2 heterocycles. The Kier molecular flexibility index (Phi) is 4.83. The first kappa shape index (κ1) is 13.7. The maximum Gasteiger partial charge on any atom is 0.0843 e. The van der Waals surface area contributed by atoms with Gasteiger partial charge in [0.05, 0.1) is 9.83 Å². The zero-order valence-corrected chi connectivity index (χ0v) is 14.4. The van der Waals surface area contributed by atoms with Crippen LogP contribution in [0.1, 0.15) is 28.3 Å². The second kappa shape index (κ2) is 5.97. The Bertz CT molecular complexity index is 485. The van der Waals surface area contributed by atoms with Crippen molar-refractivity contribution in [3.05, 3.63) is 41.1 Å². The third-order valence-corrected chi connectivity index (χ3v) is 7.01. The van der Waals surface area contributed by atoms with E-state index in [2.05, 4.69) is 61.6 Å². The number of hydrogen-bond donors (Lipinski definition) is 1. The van der Waals surface area contributed by atoms with E-state index in [0.29, 0.717) is 6.04 Å². The van der Waals surface area contributed by atoms with Crippen LogP contribution >= 0.6 is 54.5 Å². The molecule has 2 rings (SSSR count). The molecule has 5 heteroatoms. The lowest BCUT2D eigenvalue weighted by Crippen LogP contribution is -2.16. The predicted octanol–water partition coefficient (Wildman–Crippen LogP) is 5.21. The minimum absolute atomic E-state index is 0.303. The molecule has 0 spiro atoms. The highest BCUT2D eigenvalue weighted by Crippen LogP contribution is 2.39. The second-order valence-corrected chi connectivity index (χ2v) is 7.86. The molecule has 0 aliphatic heterocycles. The molecule has 0 amide bonds. The Morgan fingerprint density at radius 2 is 2.18 bits per heavy atom. The van der Waals surface area contributed by atoms with Crippen molar-refractivity contribution in [3.8, 4) is 0 Å². The fraction of sp³-hybridized carbons (Fsp3) is 0.333. The van der Waals surface area contributed by atoms with E-state index in [1.165, 1.54) is 15.3 Å². The molecule has 1 nitrogen and oxygen atoms in total. The van der Waals surface area contributed by atoms with Gasteiger partial charge in [-0.25, -0.2) is 0 Å². The van der Waals surface area contributed by atoms with Crippen LogP contribution in [0.2, 0.25) is 0 Å². The van der Waals surface area contributed by atoms with Gasteiger partial charge < -0.3 is 5.32 Å². The SMILES string of the molecule is CCc1ccsc1C(NC)c1cc(Br)c(Br)s1. The Hall–Kier alpha value is 0.320. The summed E-state index contributed by atoms with van der Waals surface area (Å²) in [5, 5.41) is 5.59. The average molecular weight is 395 g/mol. The zero-order chi connectivity index (χ0) is 12.4. The largest absolute Gasteiger partial charge is 0.308 e. The van der Waals surface area contributed by atoms with Gasteiger partial charge in [-0.3, -0.25) is 0 Å². The molecule has 1 N–H and O–H groups in total. The molecule has 0 aliphatic rings. The van der Waals surface area contributed by atoms with E-state index in [-0.39, 0.29) is 0 Å². The van der Waals surface area contributed by atoms with Crippen LogP contribution in [0.5, 0.6) is 0 Å². The van der Waals surface area contributed by atoms with Crippen molar-refractivity contribution in [2.45, 2.75) is 19.4 Å². The number of halogens is 2. The summed E-state index contributed by atoms with van der Waals surface area (Å²) in [5.41, 5.74) is 1.44. The highest BCUT2D eigenvalue weighted by molar-refractivity contribution is 9.13. The van der Waals surface area contributed by atoms with Gasteiger partial charge in [0.1, 0.15) is 0 Å². The molecular formula is C12H13Br2NS2. The maximum absolute atomic E-state index is 3.56. The monoisotopic (exact) mass is 393 g/mol. The van der Waals surface area contributed by atoms with Gasteiger partial charge in [-0.15, -0.1) is 22.7 Å². The van der Waals surface area contributed by atoms with Crippen LogP contribution < -0.4 is 5.32 Å². The molecule has 92 valence electrons. The van der Waals surface area contributed by atoms with E-state index in [0.717, 1.165) is 14.7 Å². The Labute approximate surface area is 127 Å². The van der Waals surface area contributed by atoms with Gasteiger partial charge in [-0.1, -0.05) is 6.92 Å². The molecular weight excluding hydrogens is 382 g/mol. The van der Waals surface area contributed by atoms with E-state index in [4.69, 9.17) is 0 Å². The summed E-state index contributed by atoms with van der Waals surface area (Å²) >= 11 is 10.7. The lowest BCUT2D eigenvalue weighted by atomic mass is 10.1. The molecule has 0 radical (unpaired) electrons. The van der Waals surface area contributed by atoms with Gasteiger partial charge in [-0.05, 0) is 68.4 Å². The summed E-state index contributed by atoms with van der Waals surface area (Å²) in [6, 6.07) is 4.72. The van der Waals surface area contributed by atoms with Crippen LogP contribution in [0.25, 0.3) is 0 Å². The quantitative estimate of drug-likeness (QED) is 0.750. The van der Waals surface area contributed by atoms with Crippen LogP contribution in [0.4, 0.5) is 0 Å². The molecule has 0 saturated heterocycles. The highest BCUT2D eigenvalue weighted by Gasteiger charge is 2.19. The Balaban J connectivity index is 2.40. The van der Waals surface area contributed by atoms with Crippen molar-refractivity contribution in [2.24, 2.45) is 0 Å². The highest BCUT2D eigenvalue weighted by atomic mass is 79.9. The van der Waals surface area contributed by atoms with E-state index in [1.807, 2.05) is 18.4 Å². The molecule has 0 bridgehead atoms. The molecule has 0 aromatic carbocycles. The van der Waals surface area contributed by atoms with Crippen LogP contribution in [0.15, 0.2) is 25.8 Å². The molecule has 2 aromatic heterocycles. The smallest absolute Gasteiger partial charge is 0.0843 e. The van der Waals surface area contributed by atoms with Gasteiger partial charge in [0.2, 0.25) is 0 Å². The first-order valence-electron chi connectivity index (χ1n) is 5.35. The second-order valence-electron chi connectivity index (χ2n) is 3.66. The Morgan fingerprint density at radius 1 is 1.41 bits per heavy atom. The number of aryl methyl sites for hydroxylation is 1. The average Bonchev–Trinajstić information content (AvgIpc) is 2.89. The summed E-state index contributed by atoms with van der Waals surface area (Å²) in [4.78, 5) is 2.76. The van der Waals surface area contributed by atoms with E-state index in [9.17, 15) is 0 Å². The maximum atomic E-state index is 3.56. The van der Waals surface area contributed by atoms with Crippen LogP contribution in [0.3, 0.4) is 0 Å². The summed E-state index contributed by atoms with van der Waals surface area (Å²) in [6.07, 6.45) is 1.09. The minimum atomic E-state index is 0.303. The molecule has 1 unspecified atom stereocenters.